The van der Waals surface area contributed by atoms with Gasteiger partial charge in [-0.1, -0.05) is 37.5 Å². The summed E-state index contributed by atoms with van der Waals surface area (Å²) in [5.41, 5.74) is 1.74. The summed E-state index contributed by atoms with van der Waals surface area (Å²) in [4.78, 5) is 15.2. The van der Waals surface area contributed by atoms with E-state index < -0.39 is 0 Å². The zero-order valence-corrected chi connectivity index (χ0v) is 9.43. The van der Waals surface area contributed by atoms with Crippen LogP contribution in [0.25, 0.3) is 0 Å². The summed E-state index contributed by atoms with van der Waals surface area (Å²) >= 11 is 0. The third-order valence-corrected chi connectivity index (χ3v) is 3.06. The molecule has 0 heterocycles. The van der Waals surface area contributed by atoms with E-state index in [1.165, 1.54) is 32.1 Å². The van der Waals surface area contributed by atoms with Crippen molar-refractivity contribution in [3.8, 4) is 0 Å². The second-order valence-electron chi connectivity index (χ2n) is 4.36. The zero-order chi connectivity index (χ0) is 11.2. The Hall–Kier alpha value is -1.44. The Morgan fingerprint density at radius 1 is 1.12 bits per heavy atom. The van der Waals surface area contributed by atoms with Gasteiger partial charge in [0.2, 0.25) is 0 Å². The molecule has 0 bridgehead atoms. The molecule has 2 heteroatoms. The van der Waals surface area contributed by atoms with Gasteiger partial charge in [0.05, 0.1) is 0 Å². The van der Waals surface area contributed by atoms with Crippen molar-refractivity contribution < 1.29 is 4.79 Å². The molecule has 1 saturated carbocycles. The fraction of sp³-hybridized carbons (Fsp3) is 0.429. The van der Waals surface area contributed by atoms with Gasteiger partial charge in [-0.05, 0) is 24.5 Å². The van der Waals surface area contributed by atoms with Gasteiger partial charge < -0.3 is 0 Å². The minimum Gasteiger partial charge on any atom is -0.298 e. The predicted octanol–water partition coefficient (Wildman–Crippen LogP) is 3.25. The Morgan fingerprint density at radius 3 is 2.62 bits per heavy atom. The third-order valence-electron chi connectivity index (χ3n) is 3.06. The summed E-state index contributed by atoms with van der Waals surface area (Å²) in [6.07, 6.45) is 9.16. The SMILES string of the molecule is O=Cc1cccc(C=NC2CCCCC2)c1. The van der Waals surface area contributed by atoms with E-state index in [1.807, 2.05) is 30.5 Å². The number of carbonyl (C=O) groups excluding carboxylic acids is 1. The normalized spacial score (nSPS) is 17.8. The van der Waals surface area contributed by atoms with Crippen molar-refractivity contribution in [3.05, 3.63) is 35.4 Å². The topological polar surface area (TPSA) is 29.4 Å². The Morgan fingerprint density at radius 2 is 1.88 bits per heavy atom. The molecule has 0 atom stereocenters. The molecule has 0 aliphatic heterocycles. The van der Waals surface area contributed by atoms with E-state index in [0.29, 0.717) is 11.6 Å². The molecule has 1 aliphatic rings. The van der Waals surface area contributed by atoms with Crippen molar-refractivity contribution in [2.24, 2.45) is 4.99 Å². The van der Waals surface area contributed by atoms with Gasteiger partial charge in [0.1, 0.15) is 6.29 Å². The zero-order valence-electron chi connectivity index (χ0n) is 9.43. The minimum absolute atomic E-state index is 0.494. The minimum atomic E-state index is 0.494. The molecule has 2 nitrogen and oxygen atoms in total. The molecule has 1 aromatic rings. The van der Waals surface area contributed by atoms with Crippen LogP contribution in [-0.2, 0) is 0 Å². The molecule has 0 N–H and O–H groups in total. The fourth-order valence-corrected chi connectivity index (χ4v) is 2.13. The smallest absolute Gasteiger partial charge is 0.150 e. The summed E-state index contributed by atoms with van der Waals surface area (Å²) in [5.74, 6) is 0. The van der Waals surface area contributed by atoms with Gasteiger partial charge in [-0.25, -0.2) is 0 Å². The second-order valence-corrected chi connectivity index (χ2v) is 4.36. The highest BCUT2D eigenvalue weighted by Crippen LogP contribution is 2.20. The van der Waals surface area contributed by atoms with Gasteiger partial charge in [0.15, 0.2) is 0 Å². The van der Waals surface area contributed by atoms with E-state index in [1.54, 1.807) is 0 Å². The van der Waals surface area contributed by atoms with Crippen LogP contribution in [0.4, 0.5) is 0 Å². The highest BCUT2D eigenvalue weighted by molar-refractivity contribution is 5.84. The van der Waals surface area contributed by atoms with E-state index in [2.05, 4.69) is 4.99 Å². The number of nitrogens with zero attached hydrogens (tertiary/aromatic N) is 1. The monoisotopic (exact) mass is 215 g/mol. The van der Waals surface area contributed by atoms with Crippen molar-refractivity contribution in [3.63, 3.8) is 0 Å². The third kappa shape index (κ3) is 3.02. The first-order valence-electron chi connectivity index (χ1n) is 5.97. The molecule has 84 valence electrons. The molecule has 0 aromatic heterocycles. The van der Waals surface area contributed by atoms with Crippen LogP contribution < -0.4 is 0 Å². The molecule has 0 radical (unpaired) electrons. The van der Waals surface area contributed by atoms with Crippen LogP contribution in [0.3, 0.4) is 0 Å². The average Bonchev–Trinajstić information content (AvgIpc) is 2.38. The Labute approximate surface area is 96.4 Å². The first kappa shape index (κ1) is 11.1. The molecular formula is C14H17NO. The molecule has 16 heavy (non-hydrogen) atoms. The van der Waals surface area contributed by atoms with Crippen molar-refractivity contribution in [1.82, 2.24) is 0 Å². The molecule has 1 aromatic carbocycles. The van der Waals surface area contributed by atoms with Gasteiger partial charge in [-0.15, -0.1) is 0 Å². The van der Waals surface area contributed by atoms with Gasteiger partial charge in [-0.2, -0.15) is 0 Å². The van der Waals surface area contributed by atoms with Crippen LogP contribution in [0, 0.1) is 0 Å². The van der Waals surface area contributed by atoms with Crippen molar-refractivity contribution in [2.45, 2.75) is 38.1 Å². The molecular weight excluding hydrogens is 198 g/mol. The number of aldehydes is 1. The second kappa shape index (κ2) is 5.59. The standard InChI is InChI=1S/C14H17NO/c16-11-13-6-4-5-12(9-13)10-15-14-7-2-1-3-8-14/h4-6,9-11,14H,1-3,7-8H2. The summed E-state index contributed by atoms with van der Waals surface area (Å²) < 4.78 is 0. The fourth-order valence-electron chi connectivity index (χ4n) is 2.13. The molecule has 1 aliphatic carbocycles. The van der Waals surface area contributed by atoms with E-state index in [4.69, 9.17) is 0 Å². The van der Waals surface area contributed by atoms with Gasteiger partial charge >= 0.3 is 0 Å². The van der Waals surface area contributed by atoms with Crippen molar-refractivity contribution in [1.29, 1.82) is 0 Å². The maximum absolute atomic E-state index is 10.6. The quantitative estimate of drug-likeness (QED) is 0.562. The largest absolute Gasteiger partial charge is 0.298 e. The Bertz CT molecular complexity index is 378. The van der Waals surface area contributed by atoms with Gasteiger partial charge in [-0.3, -0.25) is 9.79 Å². The Kier molecular flexibility index (Phi) is 3.86. The molecule has 0 unspecified atom stereocenters. The lowest BCUT2D eigenvalue weighted by molar-refractivity contribution is 0.112. The van der Waals surface area contributed by atoms with E-state index in [-0.39, 0.29) is 0 Å². The lowest BCUT2D eigenvalue weighted by atomic mass is 9.96. The first-order chi connectivity index (χ1) is 7.88. The molecule has 0 saturated heterocycles. The molecule has 0 spiro atoms. The molecule has 1 fully saturated rings. The van der Waals surface area contributed by atoms with Crippen LogP contribution in [0.1, 0.15) is 48.0 Å². The van der Waals surface area contributed by atoms with Crippen LogP contribution in [0.15, 0.2) is 29.3 Å². The van der Waals surface area contributed by atoms with Crippen LogP contribution in [0.2, 0.25) is 0 Å². The average molecular weight is 215 g/mol. The number of hydrogen-bond acceptors (Lipinski definition) is 2. The van der Waals surface area contributed by atoms with Crippen LogP contribution >= 0.6 is 0 Å². The van der Waals surface area contributed by atoms with Crippen LogP contribution in [-0.4, -0.2) is 18.5 Å². The summed E-state index contributed by atoms with van der Waals surface area (Å²) in [6.45, 7) is 0. The maximum Gasteiger partial charge on any atom is 0.150 e. The molecule has 2 rings (SSSR count). The lowest BCUT2D eigenvalue weighted by Gasteiger charge is -2.17. The highest BCUT2D eigenvalue weighted by atomic mass is 16.1. The van der Waals surface area contributed by atoms with Crippen molar-refractivity contribution in [2.75, 3.05) is 0 Å². The summed E-state index contributed by atoms with van der Waals surface area (Å²) in [5, 5.41) is 0. The Balaban J connectivity index is 2.01. The van der Waals surface area contributed by atoms with Crippen molar-refractivity contribution >= 4 is 12.5 Å². The van der Waals surface area contributed by atoms with Gasteiger partial charge in [0, 0.05) is 17.8 Å². The number of hydrogen-bond donors (Lipinski definition) is 0. The number of carbonyl (C=O) groups is 1. The summed E-state index contributed by atoms with van der Waals surface area (Å²) in [7, 11) is 0. The predicted molar refractivity (Wildman–Crippen MR) is 66.3 cm³/mol. The highest BCUT2D eigenvalue weighted by Gasteiger charge is 2.10. The van der Waals surface area contributed by atoms with E-state index >= 15 is 0 Å². The van der Waals surface area contributed by atoms with E-state index in [0.717, 1.165) is 11.8 Å². The summed E-state index contributed by atoms with van der Waals surface area (Å²) in [6, 6.07) is 8.06. The number of aliphatic imine (C=N–C) groups is 1. The number of rotatable bonds is 3. The van der Waals surface area contributed by atoms with E-state index in [9.17, 15) is 4.79 Å². The van der Waals surface area contributed by atoms with Gasteiger partial charge in [0.25, 0.3) is 0 Å². The van der Waals surface area contributed by atoms with Crippen LogP contribution in [0.5, 0.6) is 0 Å². The lowest BCUT2D eigenvalue weighted by Crippen LogP contribution is -2.09. The first-order valence-corrected chi connectivity index (χ1v) is 5.97. The number of benzene rings is 1. The maximum atomic E-state index is 10.6. The molecule has 0 amide bonds.